The first-order valence-corrected chi connectivity index (χ1v) is 11.5. The summed E-state index contributed by atoms with van der Waals surface area (Å²) in [7, 11) is 1.57. The number of amides is 1. The summed E-state index contributed by atoms with van der Waals surface area (Å²) in [6, 6.07) is 7.36. The Hall–Kier alpha value is -2.95. The molecule has 0 radical (unpaired) electrons. The van der Waals surface area contributed by atoms with Crippen molar-refractivity contribution in [3.63, 3.8) is 0 Å². The average molecular weight is 514 g/mol. The minimum absolute atomic E-state index is 0.0199. The molecule has 35 heavy (non-hydrogen) atoms. The maximum Gasteiger partial charge on any atom is 0.226 e. The van der Waals surface area contributed by atoms with Gasteiger partial charge in [0.15, 0.2) is 28.4 Å². The average Bonchev–Trinajstić information content (AvgIpc) is 3.28. The van der Waals surface area contributed by atoms with Gasteiger partial charge in [-0.15, -0.1) is 0 Å². The second-order valence-corrected chi connectivity index (χ2v) is 9.34. The zero-order valence-corrected chi connectivity index (χ0v) is 19.8. The van der Waals surface area contributed by atoms with Crippen molar-refractivity contribution < 1.29 is 31.5 Å². The first-order valence-electron chi connectivity index (χ1n) is 11.1. The van der Waals surface area contributed by atoms with E-state index in [1.807, 2.05) is 29.2 Å². The molecule has 1 spiro atoms. The summed E-state index contributed by atoms with van der Waals surface area (Å²) < 4.78 is 73.5. The van der Waals surface area contributed by atoms with Crippen molar-refractivity contribution in [3.8, 4) is 5.75 Å². The highest BCUT2D eigenvalue weighted by molar-refractivity contribution is 7.80. The Labute approximate surface area is 204 Å². The molecule has 2 aromatic carbocycles. The number of likely N-dealkylation sites (tertiary alicyclic amines) is 2. The van der Waals surface area contributed by atoms with Crippen molar-refractivity contribution in [2.75, 3.05) is 38.6 Å². The summed E-state index contributed by atoms with van der Waals surface area (Å²) in [5, 5.41) is 2.09. The van der Waals surface area contributed by atoms with Crippen molar-refractivity contribution in [1.29, 1.82) is 0 Å². The lowest BCUT2D eigenvalue weighted by atomic mass is 9.77. The van der Waals surface area contributed by atoms with Gasteiger partial charge in [-0.1, -0.05) is 12.1 Å². The van der Waals surface area contributed by atoms with Crippen LogP contribution in [0.5, 0.6) is 5.75 Å². The molecule has 5 nitrogen and oxygen atoms in total. The van der Waals surface area contributed by atoms with Gasteiger partial charge in [0, 0.05) is 26.2 Å². The van der Waals surface area contributed by atoms with Crippen LogP contribution in [0.1, 0.15) is 24.8 Å². The largest absolute Gasteiger partial charge is 0.497 e. The number of hydrogen-bond donors (Lipinski definition) is 1. The van der Waals surface area contributed by atoms with Crippen LogP contribution < -0.4 is 10.1 Å². The summed E-state index contributed by atoms with van der Waals surface area (Å²) in [4.78, 5) is 16.3. The number of hydrogen-bond acceptors (Lipinski definition) is 3. The third-order valence-corrected chi connectivity index (χ3v) is 7.19. The summed E-state index contributed by atoms with van der Waals surface area (Å²) >= 11 is 5.21. The fourth-order valence-corrected chi connectivity index (χ4v) is 4.97. The zero-order valence-electron chi connectivity index (χ0n) is 19.0. The molecule has 188 valence electrons. The van der Waals surface area contributed by atoms with Crippen molar-refractivity contribution in [2.45, 2.75) is 25.7 Å². The molecular formula is C24H24F5N3O2S. The lowest BCUT2D eigenvalue weighted by Gasteiger charge is -2.39. The number of nitrogens with zero attached hydrogens (tertiary/aromatic N) is 2. The van der Waals surface area contributed by atoms with Crippen LogP contribution in [0.25, 0.3) is 0 Å². The Kier molecular flexibility index (Phi) is 7.16. The molecule has 0 aliphatic carbocycles. The molecule has 0 aromatic heterocycles. The second-order valence-electron chi connectivity index (χ2n) is 8.96. The molecule has 2 saturated heterocycles. The maximum absolute atomic E-state index is 14.0. The van der Waals surface area contributed by atoms with Crippen molar-refractivity contribution in [2.24, 2.45) is 5.41 Å². The normalized spacial score (nSPS) is 17.1. The first-order chi connectivity index (χ1) is 16.6. The van der Waals surface area contributed by atoms with Gasteiger partial charge in [-0.05, 0) is 54.6 Å². The number of rotatable bonds is 4. The molecule has 2 heterocycles. The van der Waals surface area contributed by atoms with E-state index >= 15 is 0 Å². The highest BCUT2D eigenvalue weighted by Gasteiger charge is 2.42. The predicted molar refractivity (Wildman–Crippen MR) is 124 cm³/mol. The van der Waals surface area contributed by atoms with E-state index in [2.05, 4.69) is 5.32 Å². The summed E-state index contributed by atoms with van der Waals surface area (Å²) in [6.07, 6.45) is 2.45. The predicted octanol–water partition coefficient (Wildman–Crippen LogP) is 4.64. The standard InChI is InChI=1S/C24H24F5N3O2S/c1-34-15-4-2-3-14(11-15)12-16(33)31-8-5-24(6-9-31)7-10-32(13-24)23(35)30-22-20(28)18(26)17(25)19(27)21(22)29/h2-4,11H,5-10,12-13H2,1H3,(H,30,35). The number of methoxy groups -OCH3 is 1. The van der Waals surface area contributed by atoms with E-state index in [4.69, 9.17) is 17.0 Å². The molecule has 0 bridgehead atoms. The molecule has 2 aliphatic rings. The third-order valence-electron chi connectivity index (χ3n) is 6.83. The molecule has 2 aliphatic heterocycles. The molecule has 1 N–H and O–H groups in total. The minimum Gasteiger partial charge on any atom is -0.497 e. The van der Waals surface area contributed by atoms with Crippen molar-refractivity contribution in [1.82, 2.24) is 9.80 Å². The Morgan fingerprint density at radius 1 is 0.971 bits per heavy atom. The molecule has 2 aromatic rings. The number of thiocarbonyl (C=S) groups is 1. The number of piperidine rings is 1. The van der Waals surface area contributed by atoms with Crippen LogP contribution in [-0.4, -0.2) is 54.1 Å². The molecule has 2 fully saturated rings. The molecule has 0 atom stereocenters. The molecule has 0 saturated carbocycles. The Balaban J connectivity index is 1.34. The van der Waals surface area contributed by atoms with E-state index in [0.29, 0.717) is 31.9 Å². The van der Waals surface area contributed by atoms with Crippen LogP contribution in [-0.2, 0) is 11.2 Å². The van der Waals surface area contributed by atoms with Crippen molar-refractivity contribution >= 4 is 28.9 Å². The number of carbonyl (C=O) groups is 1. The van der Waals surface area contributed by atoms with Gasteiger partial charge in [-0.25, -0.2) is 22.0 Å². The van der Waals surface area contributed by atoms with Crippen LogP contribution in [0.15, 0.2) is 24.3 Å². The number of anilines is 1. The highest BCUT2D eigenvalue weighted by Crippen LogP contribution is 2.41. The molecule has 1 amide bonds. The van der Waals surface area contributed by atoms with E-state index in [1.165, 1.54) is 0 Å². The smallest absolute Gasteiger partial charge is 0.226 e. The number of carbonyl (C=O) groups excluding carboxylic acids is 1. The van der Waals surface area contributed by atoms with Gasteiger partial charge in [-0.2, -0.15) is 0 Å². The summed E-state index contributed by atoms with van der Waals surface area (Å²) in [6.45, 7) is 2.06. The van der Waals surface area contributed by atoms with Crippen LogP contribution in [0.3, 0.4) is 0 Å². The highest BCUT2D eigenvalue weighted by atomic mass is 32.1. The summed E-state index contributed by atoms with van der Waals surface area (Å²) in [5.74, 6) is -9.48. The summed E-state index contributed by atoms with van der Waals surface area (Å²) in [5.41, 5.74) is -0.439. The third kappa shape index (κ3) is 5.05. The van der Waals surface area contributed by atoms with Gasteiger partial charge in [0.25, 0.3) is 0 Å². The van der Waals surface area contributed by atoms with Gasteiger partial charge in [0.1, 0.15) is 11.4 Å². The lowest BCUT2D eigenvalue weighted by molar-refractivity contribution is -0.132. The van der Waals surface area contributed by atoms with Crippen LogP contribution >= 0.6 is 12.2 Å². The van der Waals surface area contributed by atoms with Crippen LogP contribution in [0.4, 0.5) is 27.6 Å². The quantitative estimate of drug-likeness (QED) is 0.279. The van der Waals surface area contributed by atoms with E-state index in [9.17, 15) is 26.7 Å². The van der Waals surface area contributed by atoms with E-state index in [-0.39, 0.29) is 22.9 Å². The minimum atomic E-state index is -2.22. The van der Waals surface area contributed by atoms with Gasteiger partial charge in [-0.3, -0.25) is 4.79 Å². The molecule has 0 unspecified atom stereocenters. The zero-order chi connectivity index (χ0) is 25.3. The van der Waals surface area contributed by atoms with E-state index in [1.54, 1.807) is 12.0 Å². The molecule has 11 heteroatoms. The maximum atomic E-state index is 14.0. The number of nitrogens with one attached hydrogen (secondary N) is 1. The SMILES string of the molecule is COc1cccc(CC(=O)N2CCC3(CC2)CCN(C(=S)Nc2c(F)c(F)c(F)c(F)c2F)C3)c1. The van der Waals surface area contributed by atoms with E-state index in [0.717, 1.165) is 24.8 Å². The Bertz CT molecular complexity index is 1130. The fourth-order valence-electron chi connectivity index (χ4n) is 4.72. The number of ether oxygens (including phenoxy) is 1. The number of halogens is 5. The molecule has 4 rings (SSSR count). The first kappa shape index (κ1) is 25.2. The lowest BCUT2D eigenvalue weighted by Crippen LogP contribution is -2.45. The Morgan fingerprint density at radius 3 is 2.14 bits per heavy atom. The van der Waals surface area contributed by atoms with Gasteiger partial charge >= 0.3 is 0 Å². The monoisotopic (exact) mass is 513 g/mol. The van der Waals surface area contributed by atoms with E-state index < -0.39 is 34.8 Å². The van der Waals surface area contributed by atoms with Crippen molar-refractivity contribution in [3.05, 3.63) is 58.9 Å². The molecular weight excluding hydrogens is 489 g/mol. The van der Waals surface area contributed by atoms with Gasteiger partial charge in [0.05, 0.1) is 13.5 Å². The number of benzene rings is 2. The van der Waals surface area contributed by atoms with Gasteiger partial charge < -0.3 is 19.9 Å². The topological polar surface area (TPSA) is 44.8 Å². The fraction of sp³-hybridized carbons (Fsp3) is 0.417. The second kappa shape index (κ2) is 9.96. The van der Waals surface area contributed by atoms with Crippen LogP contribution in [0, 0.1) is 34.5 Å². The van der Waals surface area contributed by atoms with Gasteiger partial charge in [0.2, 0.25) is 11.7 Å². The Morgan fingerprint density at radius 2 is 1.54 bits per heavy atom. The van der Waals surface area contributed by atoms with Crippen LogP contribution in [0.2, 0.25) is 0 Å².